The summed E-state index contributed by atoms with van der Waals surface area (Å²) in [5.41, 5.74) is 1.51. The second-order valence-corrected chi connectivity index (χ2v) is 9.64. The van der Waals surface area contributed by atoms with E-state index in [1.807, 2.05) is 22.9 Å². The Morgan fingerprint density at radius 3 is 2.78 bits per heavy atom. The molecule has 32 heavy (non-hydrogen) atoms. The van der Waals surface area contributed by atoms with E-state index in [0.29, 0.717) is 30.6 Å². The third kappa shape index (κ3) is 5.09. The highest BCUT2D eigenvalue weighted by Gasteiger charge is 2.33. The molecule has 0 unspecified atom stereocenters. The van der Waals surface area contributed by atoms with Gasteiger partial charge < -0.3 is 14.8 Å². The maximum Gasteiger partial charge on any atom is 0.272 e. The number of benzene rings is 1. The van der Waals surface area contributed by atoms with Gasteiger partial charge in [0.1, 0.15) is 11.3 Å². The first-order valence-corrected chi connectivity index (χ1v) is 11.7. The van der Waals surface area contributed by atoms with Crippen LogP contribution in [0.15, 0.2) is 18.2 Å². The Morgan fingerprint density at radius 1 is 1.28 bits per heavy atom. The number of nitrogens with one attached hydrogen (secondary N) is 1. The van der Waals surface area contributed by atoms with Crippen LogP contribution < -0.4 is 10.1 Å². The van der Waals surface area contributed by atoms with Gasteiger partial charge in [0.25, 0.3) is 5.91 Å². The standard InChI is InChI=1S/C25H36N4O3/c1-18-16-25(2,3)9-8-19(18)17-26-24(30)22-20-6-5-7-21(31-4)23(20)29(27-22)11-10-28-12-14-32-15-13-28/h5-7,9,16,18-19H,8,10-15,17H2,1-4H3,(H,26,30)/t18-,19+/m0/s1. The van der Waals surface area contributed by atoms with Crippen molar-refractivity contribution in [2.45, 2.75) is 33.7 Å². The van der Waals surface area contributed by atoms with Crippen LogP contribution in [-0.4, -0.2) is 67.1 Å². The van der Waals surface area contributed by atoms with Crippen LogP contribution in [-0.2, 0) is 11.3 Å². The van der Waals surface area contributed by atoms with E-state index in [4.69, 9.17) is 14.6 Å². The predicted molar refractivity (Wildman–Crippen MR) is 126 cm³/mol. The molecule has 4 rings (SSSR count). The lowest BCUT2D eigenvalue weighted by atomic mass is 9.68. The molecule has 0 bridgehead atoms. The van der Waals surface area contributed by atoms with Crippen molar-refractivity contribution < 1.29 is 14.3 Å². The summed E-state index contributed by atoms with van der Waals surface area (Å²) in [6.45, 7) is 12.3. The number of morpholine rings is 1. The molecule has 1 aromatic carbocycles. The lowest BCUT2D eigenvalue weighted by molar-refractivity contribution is 0.0361. The first-order chi connectivity index (χ1) is 15.4. The van der Waals surface area contributed by atoms with Gasteiger partial charge >= 0.3 is 0 Å². The summed E-state index contributed by atoms with van der Waals surface area (Å²) in [5, 5.41) is 8.72. The van der Waals surface area contributed by atoms with Gasteiger partial charge in [0.15, 0.2) is 5.69 Å². The Balaban J connectivity index is 1.49. The van der Waals surface area contributed by atoms with Gasteiger partial charge in [0, 0.05) is 31.6 Å². The second kappa shape index (κ2) is 9.79. The van der Waals surface area contributed by atoms with Gasteiger partial charge in [-0.25, -0.2) is 0 Å². The van der Waals surface area contributed by atoms with Crippen molar-refractivity contribution in [1.82, 2.24) is 20.0 Å². The van der Waals surface area contributed by atoms with Crippen LogP contribution in [0.3, 0.4) is 0 Å². The summed E-state index contributed by atoms with van der Waals surface area (Å²) < 4.78 is 13.0. The molecule has 1 aliphatic heterocycles. The fourth-order valence-electron chi connectivity index (χ4n) is 4.89. The molecule has 7 heteroatoms. The van der Waals surface area contributed by atoms with E-state index in [1.165, 1.54) is 0 Å². The molecule has 2 heterocycles. The predicted octanol–water partition coefficient (Wildman–Crippen LogP) is 3.20. The highest BCUT2D eigenvalue weighted by atomic mass is 16.5. The van der Waals surface area contributed by atoms with Crippen LogP contribution in [0.2, 0.25) is 0 Å². The van der Waals surface area contributed by atoms with Gasteiger partial charge in [-0.2, -0.15) is 5.10 Å². The minimum atomic E-state index is -0.120. The molecule has 174 valence electrons. The van der Waals surface area contributed by atoms with Crippen LogP contribution in [0.4, 0.5) is 0 Å². The smallest absolute Gasteiger partial charge is 0.272 e. The topological polar surface area (TPSA) is 68.6 Å². The lowest BCUT2D eigenvalue weighted by Crippen LogP contribution is -2.38. The molecule has 2 radical (unpaired) electrons. The maximum atomic E-state index is 13.2. The molecule has 1 aliphatic carbocycles. The largest absolute Gasteiger partial charge is 0.494 e. The zero-order chi connectivity index (χ0) is 22.7. The van der Waals surface area contributed by atoms with E-state index >= 15 is 0 Å². The van der Waals surface area contributed by atoms with Gasteiger partial charge in [0.05, 0.1) is 26.9 Å². The van der Waals surface area contributed by atoms with Crippen molar-refractivity contribution in [3.8, 4) is 5.75 Å². The number of amides is 1. The Morgan fingerprint density at radius 2 is 2.06 bits per heavy atom. The second-order valence-electron chi connectivity index (χ2n) is 9.64. The summed E-state index contributed by atoms with van der Waals surface area (Å²) in [4.78, 5) is 15.5. The quantitative estimate of drug-likeness (QED) is 0.716. The molecule has 2 aromatic rings. The molecule has 2 atom stereocenters. The Labute approximate surface area is 191 Å². The summed E-state index contributed by atoms with van der Waals surface area (Å²) in [6.07, 6.45) is 5.74. The van der Waals surface area contributed by atoms with E-state index in [0.717, 1.165) is 55.9 Å². The van der Waals surface area contributed by atoms with E-state index in [2.05, 4.69) is 43.8 Å². The highest BCUT2D eigenvalue weighted by molar-refractivity contribution is 6.06. The number of hydrogen-bond acceptors (Lipinski definition) is 5. The van der Waals surface area contributed by atoms with Crippen molar-refractivity contribution in [2.75, 3.05) is 46.5 Å². The van der Waals surface area contributed by atoms with E-state index in [1.54, 1.807) is 7.11 Å². The van der Waals surface area contributed by atoms with Crippen molar-refractivity contribution >= 4 is 16.8 Å². The summed E-state index contributed by atoms with van der Waals surface area (Å²) >= 11 is 0. The van der Waals surface area contributed by atoms with E-state index < -0.39 is 0 Å². The summed E-state index contributed by atoms with van der Waals surface area (Å²) in [6, 6.07) is 5.80. The SMILES string of the molecule is COc1cccc2c(C(=O)NC[C@H]3C[CH]C(C)(C)[CH][C@@H]3C)nn(CCN3CCOCC3)c12. The zero-order valence-electron chi connectivity index (χ0n) is 19.8. The molecule has 1 saturated heterocycles. The van der Waals surface area contributed by atoms with Crippen LogP contribution in [0.5, 0.6) is 5.75 Å². The van der Waals surface area contributed by atoms with Crippen molar-refractivity contribution in [3.05, 3.63) is 36.7 Å². The van der Waals surface area contributed by atoms with Crippen LogP contribution in [0.25, 0.3) is 10.9 Å². The molecule has 1 N–H and O–H groups in total. The fraction of sp³-hybridized carbons (Fsp3) is 0.600. The normalized spacial score (nSPS) is 23.9. The maximum absolute atomic E-state index is 13.2. The number of fused-ring (bicyclic) bond motifs is 1. The molecule has 1 amide bonds. The first kappa shape index (κ1) is 23.1. The zero-order valence-corrected chi connectivity index (χ0v) is 19.8. The van der Waals surface area contributed by atoms with Gasteiger partial charge in [0.2, 0.25) is 0 Å². The lowest BCUT2D eigenvalue weighted by Gasteiger charge is -2.38. The minimum Gasteiger partial charge on any atom is -0.494 e. The number of aromatic nitrogens is 2. The molecule has 1 aromatic heterocycles. The first-order valence-electron chi connectivity index (χ1n) is 11.7. The highest BCUT2D eigenvalue weighted by Crippen LogP contribution is 2.39. The number of ether oxygens (including phenoxy) is 2. The van der Waals surface area contributed by atoms with Crippen molar-refractivity contribution in [2.24, 2.45) is 17.3 Å². The van der Waals surface area contributed by atoms with Gasteiger partial charge in [-0.15, -0.1) is 0 Å². The number of nitrogens with zero attached hydrogens (tertiary/aromatic N) is 3. The Hall–Kier alpha value is -2.12. The number of rotatable bonds is 7. The average Bonchev–Trinajstić information content (AvgIpc) is 3.16. The third-order valence-corrected chi connectivity index (χ3v) is 6.81. The van der Waals surface area contributed by atoms with Crippen LogP contribution >= 0.6 is 0 Å². The molecule has 0 spiro atoms. The average molecular weight is 441 g/mol. The number of hydrogen-bond donors (Lipinski definition) is 1. The number of methoxy groups -OCH3 is 1. The molecule has 1 saturated carbocycles. The van der Waals surface area contributed by atoms with Crippen LogP contribution in [0.1, 0.15) is 37.7 Å². The Kier molecular flexibility index (Phi) is 7.05. The van der Waals surface area contributed by atoms with E-state index in [9.17, 15) is 4.79 Å². The number of carbonyl (C=O) groups is 1. The molecular formula is C25H36N4O3. The fourth-order valence-corrected chi connectivity index (χ4v) is 4.89. The number of carbonyl (C=O) groups excluding carboxylic acids is 1. The van der Waals surface area contributed by atoms with Gasteiger partial charge in [-0.05, 0) is 42.6 Å². The van der Waals surface area contributed by atoms with Crippen molar-refractivity contribution in [1.29, 1.82) is 0 Å². The van der Waals surface area contributed by atoms with Crippen LogP contribution in [0, 0.1) is 30.1 Å². The molecule has 2 fully saturated rings. The third-order valence-electron chi connectivity index (χ3n) is 6.81. The number of para-hydroxylation sites is 1. The Bertz CT molecular complexity index is 933. The minimum absolute atomic E-state index is 0.120. The summed E-state index contributed by atoms with van der Waals surface area (Å²) in [5.74, 6) is 1.49. The molecule has 2 aliphatic rings. The van der Waals surface area contributed by atoms with E-state index in [-0.39, 0.29) is 11.3 Å². The van der Waals surface area contributed by atoms with Crippen molar-refractivity contribution in [3.63, 3.8) is 0 Å². The molecular weight excluding hydrogens is 404 g/mol. The summed E-state index contributed by atoms with van der Waals surface area (Å²) in [7, 11) is 1.66. The molecule has 7 nitrogen and oxygen atoms in total. The van der Waals surface area contributed by atoms with Gasteiger partial charge in [-0.3, -0.25) is 14.4 Å². The van der Waals surface area contributed by atoms with Gasteiger partial charge in [-0.1, -0.05) is 32.9 Å². The monoisotopic (exact) mass is 440 g/mol.